The van der Waals surface area contributed by atoms with E-state index in [2.05, 4.69) is 19.9 Å². The Bertz CT molecular complexity index is 836. The lowest BCUT2D eigenvalue weighted by Crippen LogP contribution is -2.34. The maximum atomic E-state index is 12.2. The number of carbonyl (C=O) groups is 1. The molecular weight excluding hydrogens is 316 g/mol. The van der Waals surface area contributed by atoms with Crippen LogP contribution in [-0.4, -0.2) is 12.8 Å². The highest BCUT2D eigenvalue weighted by atomic mass is 16.7. The lowest BCUT2D eigenvalue weighted by molar-refractivity contribution is -0.159. The molecule has 128 valence electrons. The van der Waals surface area contributed by atoms with Crippen molar-refractivity contribution in [2.75, 3.05) is 6.79 Å². The molecule has 0 radical (unpaired) electrons. The first-order valence-corrected chi connectivity index (χ1v) is 8.39. The summed E-state index contributed by atoms with van der Waals surface area (Å²) in [6.07, 6.45) is 2.04. The summed E-state index contributed by atoms with van der Waals surface area (Å²) in [5.41, 5.74) is 2.75. The Morgan fingerprint density at radius 1 is 1.04 bits per heavy atom. The van der Waals surface area contributed by atoms with Crippen molar-refractivity contribution >= 4 is 12.0 Å². The molecule has 0 amide bonds. The van der Waals surface area contributed by atoms with Crippen molar-refractivity contribution < 1.29 is 19.0 Å². The molecule has 0 aliphatic carbocycles. The molecule has 2 aromatic rings. The van der Waals surface area contributed by atoms with Crippen LogP contribution in [0.15, 0.2) is 54.1 Å². The third-order valence-corrected chi connectivity index (χ3v) is 4.91. The minimum Gasteiger partial charge on any atom is -0.456 e. The quantitative estimate of drug-likeness (QED) is 0.757. The monoisotopic (exact) mass is 336 g/mol. The minimum absolute atomic E-state index is 0.204. The molecule has 2 aliphatic heterocycles. The predicted octanol–water partition coefficient (Wildman–Crippen LogP) is 4.51. The number of hydrogen-bond donors (Lipinski definition) is 0. The molecule has 0 saturated carbocycles. The van der Waals surface area contributed by atoms with E-state index in [1.54, 1.807) is 0 Å². The molecule has 2 aromatic carbocycles. The van der Waals surface area contributed by atoms with Crippen LogP contribution in [-0.2, 0) is 9.53 Å². The molecule has 2 heterocycles. The Morgan fingerprint density at radius 3 is 2.60 bits per heavy atom. The van der Waals surface area contributed by atoms with E-state index in [9.17, 15) is 4.79 Å². The van der Waals surface area contributed by atoms with Crippen molar-refractivity contribution in [2.45, 2.75) is 26.4 Å². The number of fused-ring (bicyclic) bond motifs is 1. The van der Waals surface area contributed by atoms with Crippen LogP contribution in [0.5, 0.6) is 11.5 Å². The zero-order valence-corrected chi connectivity index (χ0v) is 14.3. The summed E-state index contributed by atoms with van der Waals surface area (Å²) in [6.45, 7) is 4.46. The molecule has 1 atom stereocenters. The van der Waals surface area contributed by atoms with Crippen LogP contribution in [0.3, 0.4) is 0 Å². The van der Waals surface area contributed by atoms with Crippen molar-refractivity contribution in [3.05, 3.63) is 65.2 Å². The van der Waals surface area contributed by atoms with Crippen LogP contribution in [0.25, 0.3) is 6.08 Å². The Morgan fingerprint density at radius 2 is 1.80 bits per heavy atom. The van der Waals surface area contributed by atoms with Gasteiger partial charge in [-0.25, -0.2) is 0 Å². The Kier molecular flexibility index (Phi) is 3.75. The Hall–Kier alpha value is -2.75. The fourth-order valence-corrected chi connectivity index (χ4v) is 3.42. The summed E-state index contributed by atoms with van der Waals surface area (Å²) in [5, 5.41) is 0. The van der Waals surface area contributed by atoms with Crippen molar-refractivity contribution in [1.82, 2.24) is 0 Å². The van der Waals surface area contributed by atoms with Gasteiger partial charge in [0.25, 0.3) is 0 Å². The highest BCUT2D eigenvalue weighted by Crippen LogP contribution is 2.49. The van der Waals surface area contributed by atoms with Crippen LogP contribution < -0.4 is 9.47 Å². The van der Waals surface area contributed by atoms with Crippen molar-refractivity contribution in [3.8, 4) is 11.5 Å². The van der Waals surface area contributed by atoms with E-state index in [1.165, 1.54) is 0 Å². The van der Waals surface area contributed by atoms with Gasteiger partial charge in [0, 0.05) is 5.41 Å². The summed E-state index contributed by atoms with van der Waals surface area (Å²) in [6, 6.07) is 15.8. The van der Waals surface area contributed by atoms with E-state index in [1.807, 2.05) is 48.5 Å². The van der Waals surface area contributed by atoms with Crippen LogP contribution in [0.4, 0.5) is 0 Å². The first kappa shape index (κ1) is 15.8. The second kappa shape index (κ2) is 5.96. The van der Waals surface area contributed by atoms with Gasteiger partial charge in [-0.3, -0.25) is 4.79 Å². The number of carbonyl (C=O) groups excluding carboxylic acids is 1. The van der Waals surface area contributed by atoms with Crippen molar-refractivity contribution in [2.24, 2.45) is 5.41 Å². The topological polar surface area (TPSA) is 44.8 Å². The molecule has 1 unspecified atom stereocenters. The molecule has 2 aliphatic rings. The van der Waals surface area contributed by atoms with Crippen molar-refractivity contribution in [1.29, 1.82) is 0 Å². The summed E-state index contributed by atoms with van der Waals surface area (Å²) < 4.78 is 16.6. The molecule has 4 rings (SSSR count). The Labute approximate surface area is 147 Å². The summed E-state index contributed by atoms with van der Waals surface area (Å²) in [4.78, 5) is 12.2. The summed E-state index contributed by atoms with van der Waals surface area (Å²) in [7, 11) is 0. The van der Waals surface area contributed by atoms with Gasteiger partial charge in [0.2, 0.25) is 6.79 Å². The second-order valence-electron chi connectivity index (χ2n) is 6.96. The fourth-order valence-electron chi connectivity index (χ4n) is 3.42. The summed E-state index contributed by atoms with van der Waals surface area (Å²) in [5.74, 6) is 1.22. The second-order valence-corrected chi connectivity index (χ2v) is 6.96. The molecule has 1 saturated heterocycles. The van der Waals surface area contributed by atoms with E-state index < -0.39 is 0 Å². The van der Waals surface area contributed by atoms with Gasteiger partial charge in [0.05, 0.1) is 6.42 Å². The van der Waals surface area contributed by atoms with Crippen LogP contribution in [0.1, 0.15) is 37.5 Å². The number of benzene rings is 2. The highest BCUT2D eigenvalue weighted by Gasteiger charge is 2.42. The van der Waals surface area contributed by atoms with E-state index >= 15 is 0 Å². The average molecular weight is 336 g/mol. The maximum absolute atomic E-state index is 12.2. The summed E-state index contributed by atoms with van der Waals surface area (Å²) >= 11 is 0. The van der Waals surface area contributed by atoms with Gasteiger partial charge in [0.1, 0.15) is 6.10 Å². The molecule has 4 nitrogen and oxygen atoms in total. The Balaban J connectivity index is 1.73. The highest BCUT2D eigenvalue weighted by molar-refractivity contribution is 5.77. The fraction of sp³-hybridized carbons (Fsp3) is 0.286. The van der Waals surface area contributed by atoms with E-state index in [-0.39, 0.29) is 24.3 Å². The van der Waals surface area contributed by atoms with Gasteiger partial charge in [-0.15, -0.1) is 0 Å². The smallest absolute Gasteiger partial charge is 0.310 e. The molecule has 1 fully saturated rings. The van der Waals surface area contributed by atoms with Gasteiger partial charge < -0.3 is 14.2 Å². The number of esters is 1. The first-order chi connectivity index (χ1) is 12.0. The molecule has 25 heavy (non-hydrogen) atoms. The zero-order chi connectivity index (χ0) is 17.4. The SMILES string of the molecule is CC1(C)/C(=C/c2ccccc2)CC(=O)OC1c1ccc2c(c1)OCO2. The van der Waals surface area contributed by atoms with E-state index in [0.717, 1.165) is 22.4 Å². The molecule has 0 aromatic heterocycles. The van der Waals surface area contributed by atoms with Crippen LogP contribution >= 0.6 is 0 Å². The predicted molar refractivity (Wildman–Crippen MR) is 94.2 cm³/mol. The largest absolute Gasteiger partial charge is 0.456 e. The zero-order valence-electron chi connectivity index (χ0n) is 14.3. The van der Waals surface area contributed by atoms with Gasteiger partial charge in [0.15, 0.2) is 11.5 Å². The molecule has 4 heteroatoms. The number of rotatable bonds is 2. The first-order valence-electron chi connectivity index (χ1n) is 8.39. The van der Waals surface area contributed by atoms with Crippen LogP contribution in [0.2, 0.25) is 0 Å². The molecular formula is C21H20O4. The number of cyclic esters (lactones) is 1. The van der Waals surface area contributed by atoms with E-state index in [4.69, 9.17) is 14.2 Å². The molecule has 0 spiro atoms. The van der Waals surface area contributed by atoms with Gasteiger partial charge in [-0.1, -0.05) is 56.3 Å². The standard InChI is InChI=1S/C21H20O4/c1-21(2)16(10-14-6-4-3-5-7-14)12-19(22)25-20(21)15-8-9-17-18(11-15)24-13-23-17/h3-11,20H,12-13H2,1-2H3/b16-10+. The van der Waals surface area contributed by atoms with Gasteiger partial charge >= 0.3 is 5.97 Å². The van der Waals surface area contributed by atoms with Gasteiger partial charge in [-0.05, 0) is 28.8 Å². The molecule has 0 bridgehead atoms. The van der Waals surface area contributed by atoms with Gasteiger partial charge in [-0.2, -0.15) is 0 Å². The lowest BCUT2D eigenvalue weighted by Gasteiger charge is -2.40. The van der Waals surface area contributed by atoms with Crippen molar-refractivity contribution in [3.63, 3.8) is 0 Å². The van der Waals surface area contributed by atoms with E-state index in [0.29, 0.717) is 12.2 Å². The normalized spacial score (nSPS) is 22.7. The molecule has 0 N–H and O–H groups in total. The third-order valence-electron chi connectivity index (χ3n) is 4.91. The van der Waals surface area contributed by atoms with Crippen LogP contribution in [0, 0.1) is 5.41 Å². The third kappa shape index (κ3) is 2.88. The number of ether oxygens (including phenoxy) is 3. The maximum Gasteiger partial charge on any atom is 0.310 e. The minimum atomic E-state index is -0.363. The lowest BCUT2D eigenvalue weighted by atomic mass is 9.72. The number of hydrogen-bond acceptors (Lipinski definition) is 4. The average Bonchev–Trinajstić information content (AvgIpc) is 3.06.